The number of benzene rings is 2. The molecule has 0 saturated heterocycles. The molecule has 0 heterocycles. The van der Waals surface area contributed by atoms with Crippen LogP contribution in [-0.2, 0) is 12.8 Å². The van der Waals surface area contributed by atoms with Gasteiger partial charge < -0.3 is 0 Å². The van der Waals surface area contributed by atoms with Crippen molar-refractivity contribution in [1.29, 1.82) is 0 Å². The summed E-state index contributed by atoms with van der Waals surface area (Å²) in [5.41, 5.74) is 2.83. The molecule has 0 saturated carbocycles. The maximum absolute atomic E-state index is 2.18. The molecule has 0 aliphatic carbocycles. The molecular weight excluding hydrogens is 214 g/mol. The first-order chi connectivity index (χ1) is 6.95. The number of hydrogen-bond acceptors (Lipinski definition) is 0. The SMILES string of the molecule is [NaH].[NaH].c1ccc(CCc2ccccc2)cc1. The summed E-state index contributed by atoms with van der Waals surface area (Å²) >= 11 is 0. The zero-order chi connectivity index (χ0) is 9.64. The molecule has 74 valence electrons. The van der Waals surface area contributed by atoms with Crippen LogP contribution in [0.25, 0.3) is 0 Å². The molecule has 2 aromatic carbocycles. The van der Waals surface area contributed by atoms with Crippen LogP contribution < -0.4 is 0 Å². The Morgan fingerprint density at radius 1 is 0.500 bits per heavy atom. The van der Waals surface area contributed by atoms with Crippen LogP contribution in [-0.4, -0.2) is 59.1 Å². The normalized spacial score (nSPS) is 8.75. The van der Waals surface area contributed by atoms with Crippen LogP contribution >= 0.6 is 0 Å². The number of aryl methyl sites for hydroxylation is 2. The van der Waals surface area contributed by atoms with E-state index >= 15 is 0 Å². The van der Waals surface area contributed by atoms with Crippen molar-refractivity contribution in [3.8, 4) is 0 Å². The summed E-state index contributed by atoms with van der Waals surface area (Å²) in [4.78, 5) is 0. The first-order valence-corrected chi connectivity index (χ1v) is 5.03. The van der Waals surface area contributed by atoms with Crippen LogP contribution in [0.2, 0.25) is 0 Å². The molecule has 0 N–H and O–H groups in total. The molecule has 0 unspecified atom stereocenters. The van der Waals surface area contributed by atoms with E-state index in [-0.39, 0.29) is 59.1 Å². The zero-order valence-corrected chi connectivity index (χ0v) is 8.19. The molecule has 0 spiro atoms. The van der Waals surface area contributed by atoms with Crippen LogP contribution in [0.5, 0.6) is 0 Å². The monoisotopic (exact) mass is 230 g/mol. The Morgan fingerprint density at radius 3 is 1.12 bits per heavy atom. The van der Waals surface area contributed by atoms with Crippen molar-refractivity contribution in [2.24, 2.45) is 0 Å². The van der Waals surface area contributed by atoms with Crippen LogP contribution in [0.15, 0.2) is 60.7 Å². The Kier molecular flexibility index (Phi) is 9.73. The van der Waals surface area contributed by atoms with Crippen LogP contribution in [0.3, 0.4) is 0 Å². The first-order valence-electron chi connectivity index (χ1n) is 5.03. The zero-order valence-electron chi connectivity index (χ0n) is 8.19. The van der Waals surface area contributed by atoms with Gasteiger partial charge in [0.2, 0.25) is 0 Å². The molecule has 0 aliphatic heterocycles. The average molecular weight is 230 g/mol. The second-order valence-corrected chi connectivity index (χ2v) is 3.47. The predicted octanol–water partition coefficient (Wildman–Crippen LogP) is 2.17. The molecule has 0 aromatic heterocycles. The minimum Gasteiger partial charge on any atom is -0.0622 e. The van der Waals surface area contributed by atoms with Crippen molar-refractivity contribution < 1.29 is 0 Å². The topological polar surface area (TPSA) is 0 Å². The Hall–Kier alpha value is 0.440. The van der Waals surface area contributed by atoms with Crippen molar-refractivity contribution in [3.63, 3.8) is 0 Å². The van der Waals surface area contributed by atoms with Crippen molar-refractivity contribution in [2.75, 3.05) is 0 Å². The van der Waals surface area contributed by atoms with Gasteiger partial charge in [-0.3, -0.25) is 0 Å². The fourth-order valence-corrected chi connectivity index (χ4v) is 1.58. The van der Waals surface area contributed by atoms with Crippen LogP contribution in [0.1, 0.15) is 11.1 Å². The van der Waals surface area contributed by atoms with E-state index in [0.29, 0.717) is 0 Å². The van der Waals surface area contributed by atoms with Crippen LogP contribution in [0, 0.1) is 0 Å². The Morgan fingerprint density at radius 2 is 0.812 bits per heavy atom. The molecule has 16 heavy (non-hydrogen) atoms. The molecule has 0 aliphatic rings. The van der Waals surface area contributed by atoms with Gasteiger partial charge in [0.25, 0.3) is 0 Å². The van der Waals surface area contributed by atoms with E-state index in [9.17, 15) is 0 Å². The number of hydrogen-bond donors (Lipinski definition) is 0. The van der Waals surface area contributed by atoms with Crippen molar-refractivity contribution in [2.45, 2.75) is 12.8 Å². The summed E-state index contributed by atoms with van der Waals surface area (Å²) in [5.74, 6) is 0. The van der Waals surface area contributed by atoms with E-state index < -0.39 is 0 Å². The summed E-state index contributed by atoms with van der Waals surface area (Å²) in [5, 5.41) is 0. The third-order valence-electron chi connectivity index (χ3n) is 2.39. The molecule has 2 rings (SSSR count). The second kappa shape index (κ2) is 9.47. The molecule has 0 atom stereocenters. The Balaban J connectivity index is 0.00000112. The quantitative estimate of drug-likeness (QED) is 0.709. The molecule has 0 nitrogen and oxygen atoms in total. The first kappa shape index (κ1) is 16.4. The molecule has 0 bridgehead atoms. The van der Waals surface area contributed by atoms with E-state index in [4.69, 9.17) is 0 Å². The van der Waals surface area contributed by atoms with Gasteiger partial charge in [0, 0.05) is 0 Å². The van der Waals surface area contributed by atoms with E-state index in [0.717, 1.165) is 12.8 Å². The maximum Gasteiger partial charge on any atom is -0.0238 e. The summed E-state index contributed by atoms with van der Waals surface area (Å²) < 4.78 is 0. The Bertz CT molecular complexity index is 331. The molecule has 0 amide bonds. The van der Waals surface area contributed by atoms with Crippen molar-refractivity contribution in [1.82, 2.24) is 0 Å². The summed E-state index contributed by atoms with van der Waals surface area (Å²) in [6, 6.07) is 21.2. The third-order valence-corrected chi connectivity index (χ3v) is 2.39. The second-order valence-electron chi connectivity index (χ2n) is 3.47. The fraction of sp³-hybridized carbons (Fsp3) is 0.143. The Labute approximate surface area is 142 Å². The van der Waals surface area contributed by atoms with Gasteiger partial charge in [0.05, 0.1) is 0 Å². The van der Waals surface area contributed by atoms with Gasteiger partial charge in [0.15, 0.2) is 0 Å². The molecule has 2 heteroatoms. The molecular formula is C14H16Na2. The summed E-state index contributed by atoms with van der Waals surface area (Å²) in [6.07, 6.45) is 2.26. The minimum atomic E-state index is 0. The van der Waals surface area contributed by atoms with Crippen molar-refractivity contribution >= 4 is 59.1 Å². The standard InChI is InChI=1S/C14H14.2Na.2H/c1-3-7-13(8-4-1)11-12-14-9-5-2-6-10-14;;;;/h1-10H,11-12H2;;;;. The number of rotatable bonds is 3. The van der Waals surface area contributed by atoms with Gasteiger partial charge in [-0.2, -0.15) is 0 Å². The smallest absolute Gasteiger partial charge is 0.0238 e. The van der Waals surface area contributed by atoms with Gasteiger partial charge in [-0.1, -0.05) is 60.7 Å². The largest absolute Gasteiger partial charge is 0.0622 e. The van der Waals surface area contributed by atoms with Gasteiger partial charge >= 0.3 is 59.1 Å². The third kappa shape index (κ3) is 5.67. The van der Waals surface area contributed by atoms with Gasteiger partial charge in [-0.15, -0.1) is 0 Å². The minimum absolute atomic E-state index is 0. The van der Waals surface area contributed by atoms with Crippen LogP contribution in [0.4, 0.5) is 0 Å². The summed E-state index contributed by atoms with van der Waals surface area (Å²) in [7, 11) is 0. The van der Waals surface area contributed by atoms with E-state index in [1.165, 1.54) is 11.1 Å². The van der Waals surface area contributed by atoms with Crippen molar-refractivity contribution in [3.05, 3.63) is 71.8 Å². The summed E-state index contributed by atoms with van der Waals surface area (Å²) in [6.45, 7) is 0. The maximum atomic E-state index is 2.18. The van der Waals surface area contributed by atoms with E-state index in [1.807, 2.05) is 0 Å². The van der Waals surface area contributed by atoms with E-state index in [1.54, 1.807) is 0 Å². The predicted molar refractivity (Wildman–Crippen MR) is 74.6 cm³/mol. The molecule has 2 aromatic rings. The van der Waals surface area contributed by atoms with Gasteiger partial charge in [0.1, 0.15) is 0 Å². The molecule has 0 radical (unpaired) electrons. The fourth-order valence-electron chi connectivity index (χ4n) is 1.58. The van der Waals surface area contributed by atoms with Gasteiger partial charge in [-0.25, -0.2) is 0 Å². The van der Waals surface area contributed by atoms with Gasteiger partial charge in [-0.05, 0) is 24.0 Å². The van der Waals surface area contributed by atoms with E-state index in [2.05, 4.69) is 60.7 Å². The molecule has 0 fully saturated rings. The average Bonchev–Trinajstić information content (AvgIpc) is 2.29.